The Bertz CT molecular complexity index is 493. The van der Waals surface area contributed by atoms with E-state index in [4.69, 9.17) is 15.0 Å². The van der Waals surface area contributed by atoms with Gasteiger partial charge in [-0.15, -0.1) is 0 Å². The molecule has 5 nitrogen and oxygen atoms in total. The van der Waals surface area contributed by atoms with E-state index in [1.54, 1.807) is 6.92 Å². The standard InChI is InChI=1S/C13H17N3O2/c1-3-12(14)10-4-6-11(7-5-10)17-8-13-15-9(2)16-18-13/h4-7,12H,3,8,14H2,1-2H3/t12-/m1/s1. The first-order valence-electron chi connectivity index (χ1n) is 5.96. The van der Waals surface area contributed by atoms with Crippen LogP contribution in [0.5, 0.6) is 5.75 Å². The maximum absolute atomic E-state index is 5.94. The Kier molecular flexibility index (Phi) is 3.94. The zero-order valence-electron chi connectivity index (χ0n) is 10.6. The molecular formula is C13H17N3O2. The third-order valence-electron chi connectivity index (χ3n) is 2.68. The number of hydrogen-bond acceptors (Lipinski definition) is 5. The fourth-order valence-corrected chi connectivity index (χ4v) is 1.59. The van der Waals surface area contributed by atoms with Crippen LogP contribution in [0.25, 0.3) is 0 Å². The predicted octanol–water partition coefficient (Wildman–Crippen LogP) is 2.37. The van der Waals surface area contributed by atoms with Crippen LogP contribution in [0.3, 0.4) is 0 Å². The minimum atomic E-state index is 0.0811. The summed E-state index contributed by atoms with van der Waals surface area (Å²) < 4.78 is 10.5. The Hall–Kier alpha value is -1.88. The first-order chi connectivity index (χ1) is 8.69. The van der Waals surface area contributed by atoms with Crippen LogP contribution in [0.1, 0.15) is 36.7 Å². The van der Waals surface area contributed by atoms with Gasteiger partial charge in [-0.25, -0.2) is 0 Å². The molecule has 2 aromatic rings. The van der Waals surface area contributed by atoms with Crippen LogP contribution in [-0.4, -0.2) is 10.1 Å². The second-order valence-electron chi connectivity index (χ2n) is 4.11. The van der Waals surface area contributed by atoms with Gasteiger partial charge in [-0.2, -0.15) is 4.98 Å². The van der Waals surface area contributed by atoms with Crippen LogP contribution in [-0.2, 0) is 6.61 Å². The van der Waals surface area contributed by atoms with Crippen molar-refractivity contribution in [1.82, 2.24) is 10.1 Å². The van der Waals surface area contributed by atoms with Crippen LogP contribution in [0.4, 0.5) is 0 Å². The number of hydrogen-bond donors (Lipinski definition) is 1. The van der Waals surface area contributed by atoms with Gasteiger partial charge in [0.25, 0.3) is 5.89 Å². The van der Waals surface area contributed by atoms with Crippen molar-refractivity contribution in [3.63, 3.8) is 0 Å². The molecule has 0 radical (unpaired) electrons. The highest BCUT2D eigenvalue weighted by Crippen LogP contribution is 2.18. The Morgan fingerprint density at radius 1 is 1.33 bits per heavy atom. The molecule has 0 saturated heterocycles. The molecule has 0 saturated carbocycles. The fraction of sp³-hybridized carbons (Fsp3) is 0.385. The number of rotatable bonds is 5. The highest BCUT2D eigenvalue weighted by atomic mass is 16.5. The van der Waals surface area contributed by atoms with E-state index in [9.17, 15) is 0 Å². The summed E-state index contributed by atoms with van der Waals surface area (Å²) >= 11 is 0. The Morgan fingerprint density at radius 2 is 2.06 bits per heavy atom. The monoisotopic (exact) mass is 247 g/mol. The van der Waals surface area contributed by atoms with Crippen LogP contribution >= 0.6 is 0 Å². The highest BCUT2D eigenvalue weighted by molar-refractivity contribution is 5.28. The number of benzene rings is 1. The van der Waals surface area contributed by atoms with Crippen molar-refractivity contribution in [2.24, 2.45) is 5.73 Å². The summed E-state index contributed by atoms with van der Waals surface area (Å²) in [4.78, 5) is 4.06. The van der Waals surface area contributed by atoms with E-state index in [2.05, 4.69) is 17.1 Å². The normalized spacial score (nSPS) is 12.4. The number of nitrogens with two attached hydrogens (primary N) is 1. The summed E-state index contributed by atoms with van der Waals surface area (Å²) in [5, 5.41) is 3.69. The van der Waals surface area contributed by atoms with Gasteiger partial charge in [0.15, 0.2) is 12.4 Å². The van der Waals surface area contributed by atoms with Gasteiger partial charge in [0, 0.05) is 6.04 Å². The lowest BCUT2D eigenvalue weighted by Gasteiger charge is -2.10. The highest BCUT2D eigenvalue weighted by Gasteiger charge is 2.05. The molecule has 1 aromatic heterocycles. The lowest BCUT2D eigenvalue weighted by Crippen LogP contribution is -2.08. The number of aromatic nitrogens is 2. The molecule has 1 heterocycles. The average molecular weight is 247 g/mol. The summed E-state index contributed by atoms with van der Waals surface area (Å²) in [7, 11) is 0. The van der Waals surface area contributed by atoms with Crippen LogP contribution < -0.4 is 10.5 Å². The largest absolute Gasteiger partial charge is 0.484 e. The van der Waals surface area contributed by atoms with Gasteiger partial charge >= 0.3 is 0 Å². The van der Waals surface area contributed by atoms with Gasteiger partial charge in [0.2, 0.25) is 0 Å². The summed E-state index contributed by atoms with van der Waals surface area (Å²) in [6, 6.07) is 7.82. The lowest BCUT2D eigenvalue weighted by molar-refractivity contribution is 0.242. The SMILES string of the molecule is CC[C@@H](N)c1ccc(OCc2nc(C)no2)cc1. The average Bonchev–Trinajstić information content (AvgIpc) is 2.82. The molecule has 0 aliphatic heterocycles. The van der Waals surface area contributed by atoms with E-state index in [1.165, 1.54) is 0 Å². The Morgan fingerprint density at radius 3 is 2.61 bits per heavy atom. The van der Waals surface area contributed by atoms with Gasteiger partial charge in [-0.3, -0.25) is 0 Å². The molecule has 0 unspecified atom stereocenters. The molecule has 1 atom stereocenters. The van der Waals surface area contributed by atoms with Crippen molar-refractivity contribution in [2.75, 3.05) is 0 Å². The smallest absolute Gasteiger partial charge is 0.264 e. The molecule has 18 heavy (non-hydrogen) atoms. The Balaban J connectivity index is 1.94. The maximum Gasteiger partial charge on any atom is 0.264 e. The molecule has 5 heteroatoms. The molecule has 2 rings (SSSR count). The third-order valence-corrected chi connectivity index (χ3v) is 2.68. The molecule has 0 fully saturated rings. The van der Waals surface area contributed by atoms with Crippen molar-refractivity contribution >= 4 is 0 Å². The van der Waals surface area contributed by atoms with Crippen molar-refractivity contribution in [2.45, 2.75) is 32.9 Å². The van der Waals surface area contributed by atoms with Gasteiger partial charge in [-0.1, -0.05) is 24.2 Å². The third kappa shape index (κ3) is 3.07. The molecule has 0 spiro atoms. The van der Waals surface area contributed by atoms with E-state index in [-0.39, 0.29) is 12.6 Å². The second kappa shape index (κ2) is 5.64. The first-order valence-corrected chi connectivity index (χ1v) is 5.96. The molecular weight excluding hydrogens is 230 g/mol. The van der Waals surface area contributed by atoms with Gasteiger partial charge in [0.1, 0.15) is 5.75 Å². The molecule has 0 bridgehead atoms. The summed E-state index contributed by atoms with van der Waals surface area (Å²) in [6.45, 7) is 4.11. The summed E-state index contributed by atoms with van der Waals surface area (Å²) in [5.74, 6) is 1.85. The van der Waals surface area contributed by atoms with E-state index in [0.29, 0.717) is 11.7 Å². The van der Waals surface area contributed by atoms with Crippen molar-refractivity contribution in [3.05, 3.63) is 41.5 Å². The van der Waals surface area contributed by atoms with E-state index in [1.807, 2.05) is 24.3 Å². The lowest BCUT2D eigenvalue weighted by atomic mass is 10.1. The van der Waals surface area contributed by atoms with Crippen LogP contribution in [0, 0.1) is 6.92 Å². The maximum atomic E-state index is 5.94. The number of aryl methyl sites for hydroxylation is 1. The molecule has 96 valence electrons. The van der Waals surface area contributed by atoms with Gasteiger partial charge < -0.3 is 15.0 Å². The van der Waals surface area contributed by atoms with E-state index < -0.39 is 0 Å². The van der Waals surface area contributed by atoms with E-state index >= 15 is 0 Å². The van der Waals surface area contributed by atoms with Gasteiger partial charge in [-0.05, 0) is 31.0 Å². The second-order valence-corrected chi connectivity index (χ2v) is 4.11. The number of nitrogens with zero attached hydrogens (tertiary/aromatic N) is 2. The minimum absolute atomic E-state index is 0.0811. The van der Waals surface area contributed by atoms with E-state index in [0.717, 1.165) is 17.7 Å². The Labute approximate surface area is 106 Å². The summed E-state index contributed by atoms with van der Waals surface area (Å²) in [5.41, 5.74) is 7.05. The zero-order chi connectivity index (χ0) is 13.0. The first kappa shape index (κ1) is 12.6. The van der Waals surface area contributed by atoms with Crippen LogP contribution in [0.15, 0.2) is 28.8 Å². The van der Waals surface area contributed by atoms with Crippen molar-refractivity contribution in [3.8, 4) is 5.75 Å². The molecule has 0 amide bonds. The molecule has 0 aliphatic rings. The predicted molar refractivity (Wildman–Crippen MR) is 67.0 cm³/mol. The minimum Gasteiger partial charge on any atom is -0.484 e. The number of ether oxygens (including phenoxy) is 1. The van der Waals surface area contributed by atoms with Crippen molar-refractivity contribution < 1.29 is 9.26 Å². The van der Waals surface area contributed by atoms with Crippen LogP contribution in [0.2, 0.25) is 0 Å². The van der Waals surface area contributed by atoms with Crippen molar-refractivity contribution in [1.29, 1.82) is 0 Å². The zero-order valence-corrected chi connectivity index (χ0v) is 10.6. The topological polar surface area (TPSA) is 74.2 Å². The quantitative estimate of drug-likeness (QED) is 0.877. The molecule has 0 aliphatic carbocycles. The molecule has 2 N–H and O–H groups in total. The summed E-state index contributed by atoms with van der Waals surface area (Å²) in [6.07, 6.45) is 0.918. The fourth-order valence-electron chi connectivity index (χ4n) is 1.59. The van der Waals surface area contributed by atoms with Gasteiger partial charge in [0.05, 0.1) is 0 Å². The molecule has 1 aromatic carbocycles.